The number of nitrogens with one attached hydrogen (secondary N) is 1. The largest absolute Gasteiger partial charge is 0.449 e. The molecule has 116 valence electrons. The molecule has 0 bridgehead atoms. The number of amides is 1. The number of fused-ring (bicyclic) bond motifs is 3. The van der Waals surface area contributed by atoms with Crippen molar-refractivity contribution in [2.75, 3.05) is 13.2 Å². The molecule has 0 heterocycles. The van der Waals surface area contributed by atoms with E-state index in [0.29, 0.717) is 0 Å². The molecule has 3 rings (SSSR count). The summed E-state index contributed by atoms with van der Waals surface area (Å²) in [6.07, 6.45) is -0.701. The molecule has 0 fully saturated rings. The van der Waals surface area contributed by atoms with Crippen molar-refractivity contribution < 1.29 is 14.6 Å². The van der Waals surface area contributed by atoms with Crippen LogP contribution in [0, 0.1) is 11.3 Å². The summed E-state index contributed by atoms with van der Waals surface area (Å²) in [5.74, 6) is -0.0252. The standard InChI is InChI=1S/C18H16N2O3/c19-9-12(10-21)20-18(22)23-11-17-15-7-3-1-5-13(15)14-6-2-4-8-16(14)17/h1-8,12,17,21H,10-11H2,(H,20,22). The molecule has 5 nitrogen and oxygen atoms in total. The molecule has 0 aromatic heterocycles. The van der Waals surface area contributed by atoms with Crippen LogP contribution in [0.3, 0.4) is 0 Å². The summed E-state index contributed by atoms with van der Waals surface area (Å²) in [5, 5.41) is 20.0. The maximum absolute atomic E-state index is 11.8. The minimum atomic E-state index is -0.953. The normalized spacial score (nSPS) is 13.6. The van der Waals surface area contributed by atoms with Gasteiger partial charge in [0.15, 0.2) is 0 Å². The average molecular weight is 308 g/mol. The van der Waals surface area contributed by atoms with E-state index in [1.807, 2.05) is 36.4 Å². The van der Waals surface area contributed by atoms with Crippen molar-refractivity contribution in [1.82, 2.24) is 5.32 Å². The van der Waals surface area contributed by atoms with Gasteiger partial charge in [0.2, 0.25) is 0 Å². The minimum absolute atomic E-state index is 0.0252. The Morgan fingerprint density at radius 3 is 2.26 bits per heavy atom. The van der Waals surface area contributed by atoms with Crippen LogP contribution in [-0.2, 0) is 4.74 Å². The smallest absolute Gasteiger partial charge is 0.408 e. The van der Waals surface area contributed by atoms with Gasteiger partial charge in [-0.25, -0.2) is 4.79 Å². The number of nitrogens with zero attached hydrogens (tertiary/aromatic N) is 1. The Hall–Kier alpha value is -2.84. The first-order chi connectivity index (χ1) is 11.2. The number of carbonyl (C=O) groups is 1. The van der Waals surface area contributed by atoms with Crippen LogP contribution >= 0.6 is 0 Å². The molecule has 1 atom stereocenters. The van der Waals surface area contributed by atoms with E-state index >= 15 is 0 Å². The first-order valence-electron chi connectivity index (χ1n) is 7.36. The number of aliphatic hydroxyl groups is 1. The van der Waals surface area contributed by atoms with E-state index < -0.39 is 18.7 Å². The molecule has 0 aliphatic heterocycles. The average Bonchev–Trinajstić information content (AvgIpc) is 2.92. The first-order valence-corrected chi connectivity index (χ1v) is 7.36. The van der Waals surface area contributed by atoms with Crippen molar-refractivity contribution in [1.29, 1.82) is 5.26 Å². The number of ether oxygens (including phenoxy) is 1. The van der Waals surface area contributed by atoms with Crippen LogP contribution in [-0.4, -0.2) is 30.5 Å². The molecular formula is C18H16N2O3. The summed E-state index contributed by atoms with van der Waals surface area (Å²) < 4.78 is 5.26. The molecule has 0 spiro atoms. The zero-order valence-corrected chi connectivity index (χ0v) is 12.4. The summed E-state index contributed by atoms with van der Waals surface area (Å²) in [4.78, 5) is 11.8. The van der Waals surface area contributed by atoms with Gasteiger partial charge in [0, 0.05) is 5.92 Å². The first kappa shape index (κ1) is 15.1. The number of alkyl carbamates (subject to hydrolysis) is 1. The van der Waals surface area contributed by atoms with Gasteiger partial charge in [-0.1, -0.05) is 48.5 Å². The summed E-state index contributed by atoms with van der Waals surface area (Å²) >= 11 is 0. The number of hydrogen-bond donors (Lipinski definition) is 2. The highest BCUT2D eigenvalue weighted by atomic mass is 16.5. The topological polar surface area (TPSA) is 82.4 Å². The third-order valence-electron chi connectivity index (χ3n) is 3.97. The number of hydrogen-bond acceptors (Lipinski definition) is 4. The molecule has 2 aromatic rings. The van der Waals surface area contributed by atoms with Crippen LogP contribution < -0.4 is 5.32 Å². The lowest BCUT2D eigenvalue weighted by molar-refractivity contribution is 0.136. The molecule has 5 heteroatoms. The van der Waals surface area contributed by atoms with Crippen molar-refractivity contribution in [3.8, 4) is 17.2 Å². The Bertz CT molecular complexity index is 721. The minimum Gasteiger partial charge on any atom is -0.449 e. The van der Waals surface area contributed by atoms with Crippen molar-refractivity contribution in [3.05, 3.63) is 59.7 Å². The highest BCUT2D eigenvalue weighted by Gasteiger charge is 2.29. The van der Waals surface area contributed by atoms with E-state index in [1.54, 1.807) is 6.07 Å². The molecule has 0 saturated heterocycles. The summed E-state index contributed by atoms with van der Waals surface area (Å²) in [5.41, 5.74) is 4.56. The van der Waals surface area contributed by atoms with Gasteiger partial charge >= 0.3 is 6.09 Å². The van der Waals surface area contributed by atoms with Crippen LogP contribution in [0.15, 0.2) is 48.5 Å². The molecule has 23 heavy (non-hydrogen) atoms. The van der Waals surface area contributed by atoms with Crippen LogP contribution in [0.2, 0.25) is 0 Å². The quantitative estimate of drug-likeness (QED) is 0.908. The molecular weight excluding hydrogens is 292 g/mol. The second-order valence-corrected chi connectivity index (χ2v) is 5.33. The number of carbonyl (C=O) groups excluding carboxylic acids is 1. The maximum Gasteiger partial charge on any atom is 0.408 e. The van der Waals surface area contributed by atoms with E-state index in [4.69, 9.17) is 15.1 Å². The van der Waals surface area contributed by atoms with Crippen molar-refractivity contribution in [3.63, 3.8) is 0 Å². The highest BCUT2D eigenvalue weighted by Crippen LogP contribution is 2.44. The molecule has 0 saturated carbocycles. The third kappa shape index (κ3) is 2.89. The van der Waals surface area contributed by atoms with Gasteiger partial charge in [-0.3, -0.25) is 0 Å². The Morgan fingerprint density at radius 1 is 1.17 bits per heavy atom. The lowest BCUT2D eigenvalue weighted by atomic mass is 9.98. The Morgan fingerprint density at radius 2 is 1.74 bits per heavy atom. The number of benzene rings is 2. The zero-order chi connectivity index (χ0) is 16.2. The van der Waals surface area contributed by atoms with E-state index in [9.17, 15) is 4.79 Å². The molecule has 1 unspecified atom stereocenters. The number of nitriles is 1. The number of aliphatic hydroxyl groups excluding tert-OH is 1. The highest BCUT2D eigenvalue weighted by molar-refractivity contribution is 5.79. The van der Waals surface area contributed by atoms with Crippen LogP contribution in [0.25, 0.3) is 11.1 Å². The molecule has 1 aliphatic rings. The zero-order valence-electron chi connectivity index (χ0n) is 12.4. The second-order valence-electron chi connectivity index (χ2n) is 5.33. The fourth-order valence-corrected chi connectivity index (χ4v) is 2.90. The van der Waals surface area contributed by atoms with Crippen LogP contribution in [0.4, 0.5) is 4.79 Å². The second kappa shape index (κ2) is 6.51. The molecule has 1 aliphatic carbocycles. The SMILES string of the molecule is N#CC(CO)NC(=O)OCC1c2ccccc2-c2ccccc21. The van der Waals surface area contributed by atoms with Gasteiger partial charge in [-0.15, -0.1) is 0 Å². The summed E-state index contributed by atoms with van der Waals surface area (Å²) in [6.45, 7) is -0.260. The molecule has 1 amide bonds. The fourth-order valence-electron chi connectivity index (χ4n) is 2.90. The Balaban J connectivity index is 1.76. The lowest BCUT2D eigenvalue weighted by Gasteiger charge is -2.15. The van der Waals surface area contributed by atoms with Gasteiger partial charge < -0.3 is 15.2 Å². The molecule has 2 N–H and O–H groups in total. The van der Waals surface area contributed by atoms with E-state index in [2.05, 4.69) is 17.4 Å². The van der Waals surface area contributed by atoms with Gasteiger partial charge in [0.25, 0.3) is 0 Å². The van der Waals surface area contributed by atoms with E-state index in [1.165, 1.54) is 0 Å². The summed E-state index contributed by atoms with van der Waals surface area (Å²) in [7, 11) is 0. The lowest BCUT2D eigenvalue weighted by Crippen LogP contribution is -2.37. The van der Waals surface area contributed by atoms with Crippen molar-refractivity contribution in [2.24, 2.45) is 0 Å². The van der Waals surface area contributed by atoms with Gasteiger partial charge in [0.1, 0.15) is 12.6 Å². The predicted molar refractivity (Wildman–Crippen MR) is 84.7 cm³/mol. The van der Waals surface area contributed by atoms with Crippen molar-refractivity contribution in [2.45, 2.75) is 12.0 Å². The third-order valence-corrected chi connectivity index (χ3v) is 3.97. The summed E-state index contributed by atoms with van der Waals surface area (Å²) in [6, 6.07) is 16.9. The monoisotopic (exact) mass is 308 g/mol. The predicted octanol–water partition coefficient (Wildman–Crippen LogP) is 2.41. The Kier molecular flexibility index (Phi) is 4.26. The van der Waals surface area contributed by atoms with Crippen molar-refractivity contribution >= 4 is 6.09 Å². The van der Waals surface area contributed by atoms with Gasteiger partial charge in [-0.05, 0) is 22.3 Å². The Labute approximate surface area is 134 Å². The van der Waals surface area contributed by atoms with Gasteiger partial charge in [0.05, 0.1) is 12.7 Å². The van der Waals surface area contributed by atoms with E-state index in [0.717, 1.165) is 22.3 Å². The fraction of sp³-hybridized carbons (Fsp3) is 0.222. The number of rotatable bonds is 4. The van der Waals surface area contributed by atoms with E-state index in [-0.39, 0.29) is 12.5 Å². The molecule has 2 aromatic carbocycles. The maximum atomic E-state index is 11.8. The molecule has 0 radical (unpaired) electrons. The van der Waals surface area contributed by atoms with Gasteiger partial charge in [-0.2, -0.15) is 5.26 Å². The van der Waals surface area contributed by atoms with Crippen LogP contribution in [0.5, 0.6) is 0 Å². The van der Waals surface area contributed by atoms with Crippen LogP contribution in [0.1, 0.15) is 17.0 Å².